The number of hydrogen-bond donors (Lipinski definition) is 1. The van der Waals surface area contributed by atoms with Gasteiger partial charge in [-0.2, -0.15) is 8.78 Å². The van der Waals surface area contributed by atoms with Crippen molar-refractivity contribution in [1.82, 2.24) is 0 Å². The molecule has 0 aliphatic rings. The topological polar surface area (TPSA) is 47.6 Å². The van der Waals surface area contributed by atoms with Gasteiger partial charge in [0.1, 0.15) is 5.82 Å². The van der Waals surface area contributed by atoms with E-state index in [9.17, 15) is 18.0 Å². The lowest BCUT2D eigenvalue weighted by atomic mass is 10.2. The van der Waals surface area contributed by atoms with Crippen LogP contribution in [0.5, 0.6) is 11.5 Å². The molecule has 1 amide bonds. The van der Waals surface area contributed by atoms with Crippen molar-refractivity contribution in [2.75, 3.05) is 12.4 Å². The Morgan fingerprint density at radius 1 is 1.12 bits per heavy atom. The monoisotopic (exact) mass is 337 g/mol. The molecule has 0 spiro atoms. The van der Waals surface area contributed by atoms with Crippen LogP contribution < -0.4 is 14.8 Å². The summed E-state index contributed by atoms with van der Waals surface area (Å²) in [6.45, 7) is -2.96. The van der Waals surface area contributed by atoms with Crippen molar-refractivity contribution >= 4 is 17.7 Å². The van der Waals surface area contributed by atoms with Crippen LogP contribution in [0.2, 0.25) is 0 Å². The van der Waals surface area contributed by atoms with Crippen LogP contribution in [0.3, 0.4) is 0 Å². The number of hydrogen-bond acceptors (Lipinski definition) is 3. The molecule has 0 aliphatic carbocycles. The van der Waals surface area contributed by atoms with Crippen LogP contribution in [0, 0.1) is 5.82 Å². The fourth-order valence-corrected chi connectivity index (χ4v) is 1.87. The van der Waals surface area contributed by atoms with Crippen LogP contribution in [-0.2, 0) is 4.79 Å². The maximum absolute atomic E-state index is 12.8. The number of halogens is 3. The summed E-state index contributed by atoms with van der Waals surface area (Å²) >= 11 is 0. The molecule has 0 saturated heterocycles. The van der Waals surface area contributed by atoms with E-state index in [4.69, 9.17) is 4.74 Å². The fourth-order valence-electron chi connectivity index (χ4n) is 1.87. The molecule has 0 unspecified atom stereocenters. The molecule has 0 aliphatic heterocycles. The first-order valence-corrected chi connectivity index (χ1v) is 6.85. The molecule has 0 atom stereocenters. The van der Waals surface area contributed by atoms with E-state index < -0.39 is 18.3 Å². The highest BCUT2D eigenvalue weighted by Gasteiger charge is 2.10. The number of alkyl halides is 2. The number of nitrogens with one attached hydrogen (secondary N) is 1. The van der Waals surface area contributed by atoms with E-state index in [0.29, 0.717) is 11.3 Å². The van der Waals surface area contributed by atoms with E-state index in [-0.39, 0.29) is 11.5 Å². The van der Waals surface area contributed by atoms with Crippen molar-refractivity contribution in [1.29, 1.82) is 0 Å². The minimum Gasteiger partial charge on any atom is -0.493 e. The maximum atomic E-state index is 12.8. The molecule has 7 heteroatoms. The van der Waals surface area contributed by atoms with Crippen molar-refractivity contribution in [2.45, 2.75) is 6.61 Å². The zero-order valence-electron chi connectivity index (χ0n) is 12.6. The molecule has 0 heterocycles. The molecular formula is C17H14F3NO3. The predicted octanol–water partition coefficient (Wildman–Crippen LogP) is 4.09. The average molecular weight is 337 g/mol. The van der Waals surface area contributed by atoms with Gasteiger partial charge in [0.25, 0.3) is 0 Å². The van der Waals surface area contributed by atoms with Crippen molar-refractivity contribution in [2.24, 2.45) is 0 Å². The molecule has 1 N–H and O–H groups in total. The Morgan fingerprint density at radius 3 is 2.46 bits per heavy atom. The molecule has 2 rings (SSSR count). The van der Waals surface area contributed by atoms with Gasteiger partial charge in [0.15, 0.2) is 11.5 Å². The molecule has 0 bridgehead atoms. The van der Waals surface area contributed by atoms with E-state index >= 15 is 0 Å². The minimum absolute atomic E-state index is 0.0968. The lowest BCUT2D eigenvalue weighted by molar-refractivity contribution is -0.111. The highest BCUT2D eigenvalue weighted by molar-refractivity contribution is 6.01. The first-order chi connectivity index (χ1) is 11.5. The van der Waals surface area contributed by atoms with E-state index in [1.54, 1.807) is 0 Å². The Bertz CT molecular complexity index is 730. The van der Waals surface area contributed by atoms with Crippen molar-refractivity contribution in [3.8, 4) is 11.5 Å². The predicted molar refractivity (Wildman–Crippen MR) is 83.7 cm³/mol. The zero-order chi connectivity index (χ0) is 17.5. The van der Waals surface area contributed by atoms with Gasteiger partial charge in [0.2, 0.25) is 5.91 Å². The molecule has 126 valence electrons. The first kappa shape index (κ1) is 17.4. The third kappa shape index (κ3) is 5.05. The Balaban J connectivity index is 2.05. The molecule has 2 aromatic rings. The molecule has 2 aromatic carbocycles. The van der Waals surface area contributed by atoms with Crippen LogP contribution >= 0.6 is 0 Å². The van der Waals surface area contributed by atoms with Crippen LogP contribution in [0.4, 0.5) is 18.9 Å². The number of carbonyl (C=O) groups is 1. The van der Waals surface area contributed by atoms with Gasteiger partial charge in [-0.1, -0.05) is 6.07 Å². The molecule has 24 heavy (non-hydrogen) atoms. The molecular weight excluding hydrogens is 323 g/mol. The van der Waals surface area contributed by atoms with Crippen LogP contribution in [-0.4, -0.2) is 19.6 Å². The van der Waals surface area contributed by atoms with Gasteiger partial charge in [0.05, 0.1) is 7.11 Å². The van der Waals surface area contributed by atoms with Crippen molar-refractivity contribution in [3.05, 3.63) is 59.9 Å². The number of carbonyl (C=O) groups excluding carboxylic acids is 1. The number of rotatable bonds is 6. The summed E-state index contributed by atoms with van der Waals surface area (Å²) in [6.07, 6.45) is 2.74. The molecule has 0 fully saturated rings. The van der Waals surface area contributed by atoms with Crippen LogP contribution in [0.25, 0.3) is 6.08 Å². The van der Waals surface area contributed by atoms with E-state index in [1.807, 2.05) is 0 Å². The molecule has 0 saturated carbocycles. The lowest BCUT2D eigenvalue weighted by Gasteiger charge is -2.10. The summed E-state index contributed by atoms with van der Waals surface area (Å²) in [5, 5.41) is 2.56. The third-order valence-corrected chi connectivity index (χ3v) is 2.94. The summed E-state index contributed by atoms with van der Waals surface area (Å²) in [5.74, 6) is -0.799. The number of ether oxygens (including phenoxy) is 2. The fraction of sp³-hybridized carbons (Fsp3) is 0.118. The zero-order valence-corrected chi connectivity index (χ0v) is 12.6. The van der Waals surface area contributed by atoms with Gasteiger partial charge in [-0.15, -0.1) is 0 Å². The number of anilines is 1. The quantitative estimate of drug-likeness (QED) is 0.808. The standard InChI is InChI=1S/C17H14F3NO3/c1-23-15-10-11(2-8-14(15)24-17(19)20)3-9-16(22)21-13-6-4-12(18)5-7-13/h2-10,17H,1H3,(H,21,22)/b9-3+. The maximum Gasteiger partial charge on any atom is 0.387 e. The van der Waals surface area contributed by atoms with E-state index in [2.05, 4.69) is 10.1 Å². The molecule has 0 radical (unpaired) electrons. The van der Waals surface area contributed by atoms with Crippen molar-refractivity contribution < 1.29 is 27.4 Å². The summed E-state index contributed by atoms with van der Waals surface area (Å²) in [4.78, 5) is 11.8. The summed E-state index contributed by atoms with van der Waals surface area (Å²) in [5.41, 5.74) is 1.01. The normalized spacial score (nSPS) is 10.9. The number of methoxy groups -OCH3 is 1. The Hall–Kier alpha value is -2.96. The summed E-state index contributed by atoms with van der Waals surface area (Å²) in [7, 11) is 1.32. The van der Waals surface area contributed by atoms with Crippen LogP contribution in [0.15, 0.2) is 48.5 Å². The molecule has 4 nitrogen and oxygen atoms in total. The van der Waals surface area contributed by atoms with Gasteiger partial charge in [-0.25, -0.2) is 4.39 Å². The van der Waals surface area contributed by atoms with Gasteiger partial charge in [-0.05, 0) is 48.0 Å². The third-order valence-electron chi connectivity index (χ3n) is 2.94. The Kier molecular flexibility index (Phi) is 5.83. The number of amides is 1. The second kappa shape index (κ2) is 8.05. The summed E-state index contributed by atoms with van der Waals surface area (Å²) < 4.78 is 46.6. The SMILES string of the molecule is COc1cc(/C=C/C(=O)Nc2ccc(F)cc2)ccc1OC(F)F. The average Bonchev–Trinajstić information content (AvgIpc) is 2.55. The second-order valence-corrected chi connectivity index (χ2v) is 4.62. The minimum atomic E-state index is -2.96. The van der Waals surface area contributed by atoms with Crippen LogP contribution in [0.1, 0.15) is 5.56 Å². The number of benzene rings is 2. The van der Waals surface area contributed by atoms with Gasteiger partial charge < -0.3 is 14.8 Å². The highest BCUT2D eigenvalue weighted by Crippen LogP contribution is 2.29. The Morgan fingerprint density at radius 2 is 1.83 bits per heavy atom. The molecule has 0 aromatic heterocycles. The smallest absolute Gasteiger partial charge is 0.387 e. The first-order valence-electron chi connectivity index (χ1n) is 6.85. The highest BCUT2D eigenvalue weighted by atomic mass is 19.3. The second-order valence-electron chi connectivity index (χ2n) is 4.62. The lowest BCUT2D eigenvalue weighted by Crippen LogP contribution is -2.07. The van der Waals surface area contributed by atoms with Gasteiger partial charge in [0, 0.05) is 11.8 Å². The van der Waals surface area contributed by atoms with Gasteiger partial charge >= 0.3 is 6.61 Å². The van der Waals surface area contributed by atoms with Crippen molar-refractivity contribution in [3.63, 3.8) is 0 Å². The Labute approximate surface area is 136 Å². The van der Waals surface area contributed by atoms with E-state index in [1.165, 1.54) is 61.7 Å². The largest absolute Gasteiger partial charge is 0.493 e. The van der Waals surface area contributed by atoms with Gasteiger partial charge in [-0.3, -0.25) is 4.79 Å². The van der Waals surface area contributed by atoms with E-state index in [0.717, 1.165) is 0 Å². The summed E-state index contributed by atoms with van der Waals surface area (Å²) in [6, 6.07) is 9.60.